The average molecular weight is 308 g/mol. The summed E-state index contributed by atoms with van der Waals surface area (Å²) in [4.78, 5) is 2.02. The van der Waals surface area contributed by atoms with E-state index >= 15 is 0 Å². The Hall–Kier alpha value is -2.07. The quantitative estimate of drug-likeness (QED) is 0.914. The Balaban J connectivity index is 2.24. The highest BCUT2D eigenvalue weighted by atomic mass is 35.5. The summed E-state index contributed by atoms with van der Waals surface area (Å²) >= 11 is 6.15. The van der Waals surface area contributed by atoms with Gasteiger partial charge in [0, 0.05) is 30.4 Å². The largest absolute Gasteiger partial charge is 0.508 e. The number of rotatable bonds is 5. The van der Waals surface area contributed by atoms with Crippen LogP contribution in [0.25, 0.3) is 0 Å². The lowest BCUT2D eigenvalue weighted by molar-refractivity contribution is 0.355. The highest BCUT2D eigenvalue weighted by Crippen LogP contribution is 2.32. The van der Waals surface area contributed by atoms with Gasteiger partial charge >= 0.3 is 0 Å². The summed E-state index contributed by atoms with van der Waals surface area (Å²) in [6.45, 7) is 0.572. The van der Waals surface area contributed by atoms with Crippen LogP contribution in [0.2, 0.25) is 5.02 Å². The topological polar surface area (TPSA) is 41.9 Å². The van der Waals surface area contributed by atoms with Gasteiger partial charge in [-0.25, -0.2) is 0 Å². The molecule has 21 heavy (non-hydrogen) atoms. The van der Waals surface area contributed by atoms with Crippen molar-refractivity contribution in [2.45, 2.75) is 6.54 Å². The third-order valence-electron chi connectivity index (χ3n) is 3.24. The number of ether oxygens (including phenoxy) is 2. The summed E-state index contributed by atoms with van der Waals surface area (Å²) in [5.74, 6) is 1.56. The molecule has 0 aromatic heterocycles. The van der Waals surface area contributed by atoms with Crippen molar-refractivity contribution in [2.24, 2.45) is 0 Å². The van der Waals surface area contributed by atoms with E-state index in [0.717, 1.165) is 11.3 Å². The van der Waals surface area contributed by atoms with Crippen LogP contribution in [0.15, 0.2) is 36.4 Å². The first kappa shape index (κ1) is 15.3. The minimum atomic E-state index is 0.204. The van der Waals surface area contributed by atoms with E-state index in [9.17, 15) is 5.11 Å². The van der Waals surface area contributed by atoms with Crippen LogP contribution in [0.1, 0.15) is 5.56 Å². The Labute approximate surface area is 129 Å². The number of phenolic OH excluding ortho intramolecular Hbond substituents is 1. The van der Waals surface area contributed by atoms with Gasteiger partial charge in [0.2, 0.25) is 0 Å². The predicted octanol–water partition coefficient (Wildman–Crippen LogP) is 3.70. The van der Waals surface area contributed by atoms with Gasteiger partial charge < -0.3 is 19.5 Å². The molecule has 0 amide bonds. The van der Waals surface area contributed by atoms with Crippen molar-refractivity contribution in [3.63, 3.8) is 0 Å². The molecule has 0 unspecified atom stereocenters. The number of nitrogens with zero attached hydrogens (tertiary/aromatic N) is 1. The molecule has 0 atom stereocenters. The summed E-state index contributed by atoms with van der Waals surface area (Å²) in [5, 5.41) is 10.2. The monoisotopic (exact) mass is 307 g/mol. The maximum absolute atomic E-state index is 9.56. The van der Waals surface area contributed by atoms with E-state index in [1.54, 1.807) is 32.4 Å². The van der Waals surface area contributed by atoms with Gasteiger partial charge in [0.25, 0.3) is 0 Å². The molecule has 2 rings (SSSR count). The predicted molar refractivity (Wildman–Crippen MR) is 84.8 cm³/mol. The Morgan fingerprint density at radius 3 is 2.43 bits per heavy atom. The number of hydrogen-bond acceptors (Lipinski definition) is 4. The highest BCUT2D eigenvalue weighted by Gasteiger charge is 2.10. The molecule has 2 aromatic rings. The fraction of sp³-hybridized carbons (Fsp3) is 0.250. The number of benzene rings is 2. The van der Waals surface area contributed by atoms with Gasteiger partial charge in [-0.3, -0.25) is 0 Å². The van der Waals surface area contributed by atoms with Crippen LogP contribution in [-0.4, -0.2) is 26.4 Å². The zero-order chi connectivity index (χ0) is 15.4. The minimum absolute atomic E-state index is 0.204. The van der Waals surface area contributed by atoms with Gasteiger partial charge in [0.1, 0.15) is 5.75 Å². The molecule has 0 heterocycles. The molecular weight excluding hydrogens is 290 g/mol. The molecule has 0 aliphatic rings. The van der Waals surface area contributed by atoms with Gasteiger partial charge in [-0.05, 0) is 35.9 Å². The molecule has 0 spiro atoms. The highest BCUT2D eigenvalue weighted by molar-refractivity contribution is 6.31. The molecule has 112 valence electrons. The lowest BCUT2D eigenvalue weighted by atomic mass is 10.2. The fourth-order valence-electron chi connectivity index (χ4n) is 2.09. The molecule has 0 aliphatic heterocycles. The van der Waals surface area contributed by atoms with Crippen LogP contribution in [-0.2, 0) is 6.54 Å². The summed E-state index contributed by atoms with van der Waals surface area (Å²) < 4.78 is 10.5. The van der Waals surface area contributed by atoms with Crippen LogP contribution in [0, 0.1) is 0 Å². The zero-order valence-electron chi connectivity index (χ0n) is 12.3. The fourth-order valence-corrected chi connectivity index (χ4v) is 2.27. The Kier molecular flexibility index (Phi) is 4.81. The summed E-state index contributed by atoms with van der Waals surface area (Å²) in [6, 6.07) is 10.6. The Morgan fingerprint density at radius 2 is 1.76 bits per heavy atom. The van der Waals surface area contributed by atoms with E-state index < -0.39 is 0 Å². The average Bonchev–Trinajstić information content (AvgIpc) is 2.50. The smallest absolute Gasteiger partial charge is 0.162 e. The second-order valence-electron chi connectivity index (χ2n) is 4.67. The van der Waals surface area contributed by atoms with Crippen molar-refractivity contribution in [1.82, 2.24) is 0 Å². The molecule has 2 aromatic carbocycles. The molecular formula is C16H18ClNO3. The summed E-state index contributed by atoms with van der Waals surface area (Å²) in [7, 11) is 5.16. The van der Waals surface area contributed by atoms with E-state index in [-0.39, 0.29) is 5.75 Å². The lowest BCUT2D eigenvalue weighted by Crippen LogP contribution is -2.16. The van der Waals surface area contributed by atoms with Crippen LogP contribution in [0.5, 0.6) is 17.2 Å². The van der Waals surface area contributed by atoms with E-state index in [4.69, 9.17) is 21.1 Å². The maximum atomic E-state index is 9.56. The zero-order valence-corrected chi connectivity index (χ0v) is 13.0. The minimum Gasteiger partial charge on any atom is -0.508 e. The van der Waals surface area contributed by atoms with Crippen LogP contribution < -0.4 is 14.4 Å². The second kappa shape index (κ2) is 6.59. The molecule has 0 fully saturated rings. The molecule has 5 heteroatoms. The van der Waals surface area contributed by atoms with Crippen molar-refractivity contribution in [1.29, 1.82) is 0 Å². The van der Waals surface area contributed by atoms with E-state index in [1.807, 2.05) is 30.1 Å². The van der Waals surface area contributed by atoms with Gasteiger partial charge in [0.15, 0.2) is 11.5 Å². The number of aromatic hydroxyl groups is 1. The number of hydrogen-bond donors (Lipinski definition) is 1. The van der Waals surface area contributed by atoms with Crippen LogP contribution in [0.3, 0.4) is 0 Å². The molecule has 0 saturated carbocycles. The van der Waals surface area contributed by atoms with Crippen LogP contribution >= 0.6 is 11.6 Å². The van der Waals surface area contributed by atoms with Gasteiger partial charge in [-0.2, -0.15) is 0 Å². The van der Waals surface area contributed by atoms with Crippen molar-refractivity contribution in [2.75, 3.05) is 26.2 Å². The van der Waals surface area contributed by atoms with Crippen LogP contribution in [0.4, 0.5) is 5.69 Å². The van der Waals surface area contributed by atoms with Gasteiger partial charge in [-0.1, -0.05) is 11.6 Å². The molecule has 0 radical (unpaired) electrons. The molecule has 4 nitrogen and oxygen atoms in total. The first-order chi connectivity index (χ1) is 10.0. The van der Waals surface area contributed by atoms with E-state index in [2.05, 4.69) is 0 Å². The third kappa shape index (κ3) is 3.52. The molecule has 0 saturated heterocycles. The first-order valence-corrected chi connectivity index (χ1v) is 6.83. The molecule has 0 bridgehead atoms. The Bertz CT molecular complexity index is 631. The number of halogens is 1. The maximum Gasteiger partial charge on any atom is 0.162 e. The van der Waals surface area contributed by atoms with Gasteiger partial charge in [-0.15, -0.1) is 0 Å². The number of phenols is 1. The normalized spacial score (nSPS) is 10.3. The third-order valence-corrected chi connectivity index (χ3v) is 3.61. The molecule has 0 aliphatic carbocycles. The number of anilines is 1. The van der Waals surface area contributed by atoms with Crippen molar-refractivity contribution < 1.29 is 14.6 Å². The summed E-state index contributed by atoms with van der Waals surface area (Å²) in [5.41, 5.74) is 1.82. The SMILES string of the molecule is COc1ccc(N(C)Cc2cc(O)ccc2Cl)cc1OC. The standard InChI is InChI=1S/C16H18ClNO3/c1-18(10-11-8-13(19)5-6-14(11)17)12-4-7-15(20-2)16(9-12)21-3/h4-9,19H,10H2,1-3H3. The number of methoxy groups -OCH3 is 2. The van der Waals surface area contributed by atoms with Crippen molar-refractivity contribution in [3.8, 4) is 17.2 Å². The second-order valence-corrected chi connectivity index (χ2v) is 5.08. The van der Waals surface area contributed by atoms with E-state index in [1.165, 1.54) is 0 Å². The molecule has 1 N–H and O–H groups in total. The summed E-state index contributed by atoms with van der Waals surface area (Å²) in [6.07, 6.45) is 0. The van der Waals surface area contributed by atoms with Crippen molar-refractivity contribution in [3.05, 3.63) is 47.0 Å². The van der Waals surface area contributed by atoms with E-state index in [0.29, 0.717) is 23.1 Å². The van der Waals surface area contributed by atoms with Crippen molar-refractivity contribution >= 4 is 17.3 Å². The Morgan fingerprint density at radius 1 is 1.05 bits per heavy atom. The lowest BCUT2D eigenvalue weighted by Gasteiger charge is -2.21. The first-order valence-electron chi connectivity index (χ1n) is 6.45. The van der Waals surface area contributed by atoms with Gasteiger partial charge in [0.05, 0.1) is 14.2 Å².